The highest BCUT2D eigenvalue weighted by Gasteiger charge is 2.20. The smallest absolute Gasteiger partial charge is 0.380 e. The SMILES string of the molecule is CC.COc1c(Br)cc(C(=O)Nc2nnc(-n3nccc3C(F)F)s2)oc1=O. The van der Waals surface area contributed by atoms with Crippen LogP contribution in [0, 0.1) is 0 Å². The predicted octanol–water partition coefficient (Wildman–Crippen LogP) is 3.66. The van der Waals surface area contributed by atoms with Crippen molar-refractivity contribution in [1.82, 2.24) is 20.0 Å². The molecule has 9 nitrogen and oxygen atoms in total. The number of ether oxygens (including phenoxy) is 1. The van der Waals surface area contributed by atoms with Crippen LogP contribution in [-0.2, 0) is 0 Å². The fourth-order valence-electron chi connectivity index (χ4n) is 1.90. The average Bonchev–Trinajstić information content (AvgIpc) is 3.32. The number of carbonyl (C=O) groups is 1. The zero-order chi connectivity index (χ0) is 20.8. The van der Waals surface area contributed by atoms with Gasteiger partial charge in [0.15, 0.2) is 5.76 Å². The highest BCUT2D eigenvalue weighted by molar-refractivity contribution is 9.10. The van der Waals surface area contributed by atoms with Crippen molar-refractivity contribution in [3.8, 4) is 10.9 Å². The quantitative estimate of drug-likeness (QED) is 0.596. The number of alkyl halides is 2. The van der Waals surface area contributed by atoms with E-state index >= 15 is 0 Å². The Morgan fingerprint density at radius 1 is 1.39 bits per heavy atom. The molecular formula is C15H14BrF2N5O4S. The van der Waals surface area contributed by atoms with E-state index in [1.807, 2.05) is 13.8 Å². The molecule has 0 spiro atoms. The molecule has 0 bridgehead atoms. The molecule has 0 fully saturated rings. The van der Waals surface area contributed by atoms with Crippen LogP contribution in [0.25, 0.3) is 5.13 Å². The summed E-state index contributed by atoms with van der Waals surface area (Å²) in [5.74, 6) is -1.16. The summed E-state index contributed by atoms with van der Waals surface area (Å²) < 4.78 is 36.6. The van der Waals surface area contributed by atoms with E-state index in [9.17, 15) is 18.4 Å². The molecule has 0 aliphatic carbocycles. The van der Waals surface area contributed by atoms with Gasteiger partial charge in [0.25, 0.3) is 12.3 Å². The van der Waals surface area contributed by atoms with Crippen LogP contribution in [0.15, 0.2) is 32.0 Å². The molecule has 3 heterocycles. The van der Waals surface area contributed by atoms with Crippen LogP contribution in [0.1, 0.15) is 36.5 Å². The zero-order valence-electron chi connectivity index (χ0n) is 14.8. The molecule has 0 unspecified atom stereocenters. The van der Waals surface area contributed by atoms with Crippen molar-refractivity contribution in [3.05, 3.63) is 44.7 Å². The van der Waals surface area contributed by atoms with Crippen LogP contribution in [0.5, 0.6) is 5.75 Å². The maximum Gasteiger partial charge on any atom is 0.380 e. The predicted molar refractivity (Wildman–Crippen MR) is 101 cm³/mol. The van der Waals surface area contributed by atoms with Crippen molar-refractivity contribution in [2.75, 3.05) is 12.4 Å². The van der Waals surface area contributed by atoms with E-state index in [0.29, 0.717) is 0 Å². The van der Waals surface area contributed by atoms with Crippen molar-refractivity contribution in [2.45, 2.75) is 20.3 Å². The topological polar surface area (TPSA) is 112 Å². The summed E-state index contributed by atoms with van der Waals surface area (Å²) in [4.78, 5) is 23.9. The first-order chi connectivity index (χ1) is 13.4. The molecule has 28 heavy (non-hydrogen) atoms. The van der Waals surface area contributed by atoms with Crippen molar-refractivity contribution >= 4 is 38.3 Å². The number of halogens is 3. The molecule has 3 aromatic heterocycles. The minimum Gasteiger partial charge on any atom is -0.489 e. The monoisotopic (exact) mass is 477 g/mol. The van der Waals surface area contributed by atoms with E-state index in [0.717, 1.165) is 22.1 Å². The Morgan fingerprint density at radius 2 is 2.11 bits per heavy atom. The van der Waals surface area contributed by atoms with Gasteiger partial charge in [-0.2, -0.15) is 5.10 Å². The van der Waals surface area contributed by atoms with Crippen molar-refractivity contribution in [3.63, 3.8) is 0 Å². The lowest BCUT2D eigenvalue weighted by molar-refractivity contribution is 0.0991. The summed E-state index contributed by atoms with van der Waals surface area (Å²) in [5, 5.41) is 13.6. The van der Waals surface area contributed by atoms with Crippen LogP contribution >= 0.6 is 27.3 Å². The standard InChI is InChI=1S/C13H8BrF2N5O4S.C2H6/c1-24-8-5(14)4-7(25-11(8)23)10(22)18-12-19-20-13(26-12)21-6(9(15)16)2-3-17-21;1-2/h2-4,9H,1H3,(H,18,19,22);1-2H3. The summed E-state index contributed by atoms with van der Waals surface area (Å²) >= 11 is 3.91. The van der Waals surface area contributed by atoms with Crippen molar-refractivity contribution in [2.24, 2.45) is 0 Å². The molecule has 0 radical (unpaired) electrons. The van der Waals surface area contributed by atoms with E-state index in [2.05, 4.69) is 36.5 Å². The maximum absolute atomic E-state index is 12.9. The Bertz CT molecular complexity index is 1020. The van der Waals surface area contributed by atoms with Crippen LogP contribution in [0.4, 0.5) is 13.9 Å². The van der Waals surface area contributed by atoms with E-state index in [4.69, 9.17) is 9.15 Å². The second kappa shape index (κ2) is 9.50. The Morgan fingerprint density at radius 3 is 2.71 bits per heavy atom. The lowest BCUT2D eigenvalue weighted by atomic mass is 10.3. The van der Waals surface area contributed by atoms with Crippen molar-refractivity contribution in [1.29, 1.82) is 0 Å². The van der Waals surface area contributed by atoms with Gasteiger partial charge in [-0.3, -0.25) is 10.1 Å². The van der Waals surface area contributed by atoms with Gasteiger partial charge in [-0.1, -0.05) is 25.2 Å². The molecule has 0 aliphatic heterocycles. The number of carbonyl (C=O) groups excluding carboxylic acids is 1. The summed E-state index contributed by atoms with van der Waals surface area (Å²) in [6.45, 7) is 4.00. The number of nitrogens with zero attached hydrogens (tertiary/aromatic N) is 4. The largest absolute Gasteiger partial charge is 0.489 e. The van der Waals surface area contributed by atoms with Gasteiger partial charge in [0.05, 0.1) is 11.6 Å². The van der Waals surface area contributed by atoms with Gasteiger partial charge in [-0.15, -0.1) is 10.2 Å². The molecule has 0 saturated carbocycles. The molecule has 0 aromatic carbocycles. The van der Waals surface area contributed by atoms with E-state index in [-0.39, 0.29) is 31.9 Å². The van der Waals surface area contributed by atoms with Gasteiger partial charge < -0.3 is 9.15 Å². The first-order valence-corrected chi connectivity index (χ1v) is 9.36. The number of nitrogens with one attached hydrogen (secondary N) is 1. The third-order valence-electron chi connectivity index (χ3n) is 3.00. The van der Waals surface area contributed by atoms with E-state index in [1.54, 1.807) is 0 Å². The normalized spacial score (nSPS) is 10.4. The highest BCUT2D eigenvalue weighted by atomic mass is 79.9. The molecule has 0 atom stereocenters. The summed E-state index contributed by atoms with van der Waals surface area (Å²) in [7, 11) is 1.28. The molecule has 0 aliphatic rings. The molecule has 0 saturated heterocycles. The number of hydrogen-bond donors (Lipinski definition) is 1. The first-order valence-electron chi connectivity index (χ1n) is 7.75. The number of aromatic nitrogens is 4. The van der Waals surface area contributed by atoms with Gasteiger partial charge in [0.2, 0.25) is 16.0 Å². The number of rotatable bonds is 5. The van der Waals surface area contributed by atoms with Gasteiger partial charge in [-0.25, -0.2) is 18.3 Å². The lowest BCUT2D eigenvalue weighted by Gasteiger charge is -2.04. The van der Waals surface area contributed by atoms with Gasteiger partial charge in [0, 0.05) is 12.3 Å². The van der Waals surface area contributed by atoms with Crippen LogP contribution < -0.4 is 15.7 Å². The minimum absolute atomic E-state index is 0.00954. The fraction of sp³-hybridized carbons (Fsp3) is 0.267. The average molecular weight is 478 g/mol. The zero-order valence-corrected chi connectivity index (χ0v) is 17.2. The third kappa shape index (κ3) is 4.59. The van der Waals surface area contributed by atoms with E-state index in [1.165, 1.54) is 19.4 Å². The van der Waals surface area contributed by atoms with Gasteiger partial charge >= 0.3 is 5.63 Å². The van der Waals surface area contributed by atoms with E-state index < -0.39 is 18.0 Å². The Balaban J connectivity index is 0.00000136. The molecular weight excluding hydrogens is 464 g/mol. The summed E-state index contributed by atoms with van der Waals surface area (Å²) in [6, 6.07) is 2.40. The minimum atomic E-state index is -2.75. The van der Waals surface area contributed by atoms with Gasteiger partial charge in [-0.05, 0) is 22.0 Å². The molecule has 3 aromatic rings. The van der Waals surface area contributed by atoms with Crippen LogP contribution in [-0.4, -0.2) is 33.0 Å². The Hall–Kier alpha value is -2.67. The van der Waals surface area contributed by atoms with Gasteiger partial charge in [0.1, 0.15) is 5.69 Å². The molecule has 1 N–H and O–H groups in total. The lowest BCUT2D eigenvalue weighted by Crippen LogP contribution is -2.15. The van der Waals surface area contributed by atoms with Crippen LogP contribution in [0.3, 0.4) is 0 Å². The number of amides is 1. The fourth-order valence-corrected chi connectivity index (χ4v) is 3.15. The van der Waals surface area contributed by atoms with Crippen molar-refractivity contribution < 1.29 is 22.7 Å². The van der Waals surface area contributed by atoms with Crippen LogP contribution in [0.2, 0.25) is 0 Å². The number of methoxy groups -OCH3 is 1. The summed E-state index contributed by atoms with van der Waals surface area (Å²) in [6.07, 6.45) is -1.55. The number of hydrogen-bond acceptors (Lipinski definition) is 8. The molecule has 13 heteroatoms. The Labute approximate surface area is 169 Å². The first kappa shape index (κ1) is 21.6. The Kier molecular flexibility index (Phi) is 7.34. The summed E-state index contributed by atoms with van der Waals surface area (Å²) in [5.41, 5.74) is -1.20. The second-order valence-corrected chi connectivity index (χ2v) is 6.40. The third-order valence-corrected chi connectivity index (χ3v) is 4.41. The molecule has 3 rings (SSSR count). The maximum atomic E-state index is 12.9. The number of anilines is 1. The second-order valence-electron chi connectivity index (χ2n) is 4.59. The molecule has 1 amide bonds. The highest BCUT2D eigenvalue weighted by Crippen LogP contribution is 2.26. The molecule has 150 valence electrons.